The highest BCUT2D eigenvalue weighted by molar-refractivity contribution is 9.04. The van der Waals surface area contributed by atoms with Crippen molar-refractivity contribution in [3.63, 3.8) is 0 Å². The van der Waals surface area contributed by atoms with Gasteiger partial charge in [-0.25, -0.2) is 0 Å². The normalized spacial score (nSPS) is 9.90. The highest BCUT2D eigenvalue weighted by Crippen LogP contribution is 2.22. The quantitative estimate of drug-likeness (QED) is 0.712. The standard InChI is InChI=1S/C6H5BrClNO/c1-4-2-3-9(7)6(10)5(4)8/h2-3H,1H3/p+1. The van der Waals surface area contributed by atoms with E-state index in [1.807, 2.05) is 6.92 Å². The van der Waals surface area contributed by atoms with E-state index in [0.717, 1.165) is 5.56 Å². The van der Waals surface area contributed by atoms with Crippen molar-refractivity contribution in [1.29, 1.82) is 0 Å². The lowest BCUT2D eigenvalue weighted by atomic mass is 10.3. The first-order chi connectivity index (χ1) is 4.63. The summed E-state index contributed by atoms with van der Waals surface area (Å²) in [4.78, 5) is 0. The minimum Gasteiger partial charge on any atom is -0.458 e. The Kier molecular flexibility index (Phi) is 2.16. The van der Waals surface area contributed by atoms with Crippen molar-refractivity contribution < 1.29 is 8.70 Å². The number of halogens is 2. The van der Waals surface area contributed by atoms with Crippen LogP contribution in [0.5, 0.6) is 5.88 Å². The first kappa shape index (κ1) is 7.82. The number of hydrogen-bond donors (Lipinski definition) is 1. The van der Waals surface area contributed by atoms with Crippen LogP contribution in [0.3, 0.4) is 0 Å². The van der Waals surface area contributed by atoms with Crippen molar-refractivity contribution >= 4 is 27.7 Å². The molecule has 54 valence electrons. The van der Waals surface area contributed by atoms with Gasteiger partial charge in [0.05, 0.1) is 0 Å². The summed E-state index contributed by atoms with van der Waals surface area (Å²) < 4.78 is 1.38. The number of aryl methyl sites for hydroxylation is 1. The fraction of sp³-hybridized carbons (Fsp3) is 0.167. The summed E-state index contributed by atoms with van der Waals surface area (Å²) in [6, 6.07) is 1.80. The summed E-state index contributed by atoms with van der Waals surface area (Å²) in [7, 11) is 0. The summed E-state index contributed by atoms with van der Waals surface area (Å²) >= 11 is 8.74. The molecule has 4 heteroatoms. The molecule has 0 saturated carbocycles. The lowest BCUT2D eigenvalue weighted by Gasteiger charge is -1.93. The lowest BCUT2D eigenvalue weighted by molar-refractivity contribution is -0.486. The predicted molar refractivity (Wildman–Crippen MR) is 42.4 cm³/mol. The summed E-state index contributed by atoms with van der Waals surface area (Å²) in [5, 5.41) is 9.55. The Hall–Kier alpha value is -0.280. The molecule has 0 saturated heterocycles. The maximum absolute atomic E-state index is 9.17. The fourth-order valence-corrected chi connectivity index (χ4v) is 1.14. The van der Waals surface area contributed by atoms with E-state index in [4.69, 9.17) is 11.6 Å². The molecule has 0 spiro atoms. The predicted octanol–water partition coefficient (Wildman–Crippen LogP) is 1.80. The van der Waals surface area contributed by atoms with Gasteiger partial charge in [-0.3, -0.25) is 0 Å². The van der Waals surface area contributed by atoms with Gasteiger partial charge in [-0.05, 0) is 12.5 Å². The Bertz CT molecular complexity index is 237. The second kappa shape index (κ2) is 2.76. The van der Waals surface area contributed by atoms with Crippen LogP contribution in [0.4, 0.5) is 0 Å². The van der Waals surface area contributed by atoms with E-state index in [-0.39, 0.29) is 5.88 Å². The van der Waals surface area contributed by atoms with Crippen LogP contribution < -0.4 is 3.59 Å². The molecule has 0 amide bonds. The molecule has 0 aromatic carbocycles. The molecule has 0 aliphatic carbocycles. The van der Waals surface area contributed by atoms with Crippen LogP contribution in [0.1, 0.15) is 5.56 Å². The van der Waals surface area contributed by atoms with Crippen LogP contribution in [0.15, 0.2) is 12.3 Å². The Labute approximate surface area is 72.4 Å². The number of nitrogens with zero attached hydrogens (tertiary/aromatic N) is 1. The van der Waals surface area contributed by atoms with E-state index in [0.29, 0.717) is 5.02 Å². The molecule has 2 nitrogen and oxygen atoms in total. The molecule has 1 N–H and O–H groups in total. The fourth-order valence-electron chi connectivity index (χ4n) is 0.591. The van der Waals surface area contributed by atoms with Crippen LogP contribution >= 0.6 is 27.7 Å². The molecule has 1 aromatic rings. The average molecular weight is 223 g/mol. The van der Waals surface area contributed by atoms with Gasteiger partial charge in [0.25, 0.3) is 0 Å². The van der Waals surface area contributed by atoms with Crippen LogP contribution in [-0.2, 0) is 0 Å². The molecular weight excluding hydrogens is 217 g/mol. The molecule has 0 bridgehead atoms. The van der Waals surface area contributed by atoms with E-state index < -0.39 is 0 Å². The molecule has 0 radical (unpaired) electrons. The number of rotatable bonds is 0. The average Bonchev–Trinajstić information content (AvgIpc) is 1.93. The molecule has 1 heterocycles. The Morgan fingerprint density at radius 3 is 2.80 bits per heavy atom. The number of aromatic hydroxyl groups is 1. The Morgan fingerprint density at radius 2 is 2.30 bits per heavy atom. The van der Waals surface area contributed by atoms with E-state index in [1.165, 1.54) is 3.59 Å². The molecular formula is C6H6BrClNO+. The molecule has 10 heavy (non-hydrogen) atoms. The van der Waals surface area contributed by atoms with E-state index in [9.17, 15) is 5.11 Å². The van der Waals surface area contributed by atoms with Gasteiger partial charge in [0.2, 0.25) is 0 Å². The van der Waals surface area contributed by atoms with Crippen LogP contribution in [0.25, 0.3) is 0 Å². The van der Waals surface area contributed by atoms with Crippen LogP contribution in [0.2, 0.25) is 5.02 Å². The first-order valence-electron chi connectivity index (χ1n) is 2.69. The summed E-state index contributed by atoms with van der Waals surface area (Å²) in [6.45, 7) is 1.83. The van der Waals surface area contributed by atoms with Crippen molar-refractivity contribution in [3.05, 3.63) is 22.8 Å². The number of pyridine rings is 1. The van der Waals surface area contributed by atoms with Crippen molar-refractivity contribution in [2.75, 3.05) is 0 Å². The topological polar surface area (TPSA) is 24.1 Å². The second-order valence-corrected chi connectivity index (χ2v) is 3.09. The third kappa shape index (κ3) is 1.25. The van der Waals surface area contributed by atoms with Crippen LogP contribution in [-0.4, -0.2) is 5.11 Å². The van der Waals surface area contributed by atoms with Gasteiger partial charge in [-0.15, -0.1) is 0 Å². The van der Waals surface area contributed by atoms with Gasteiger partial charge in [0.15, 0.2) is 11.2 Å². The van der Waals surface area contributed by atoms with Gasteiger partial charge in [-0.2, -0.15) is 0 Å². The van der Waals surface area contributed by atoms with Crippen molar-refractivity contribution in [2.24, 2.45) is 0 Å². The molecule has 1 aromatic heterocycles. The third-order valence-electron chi connectivity index (χ3n) is 1.20. The number of hydrogen-bond acceptors (Lipinski definition) is 1. The van der Waals surface area contributed by atoms with E-state index in [1.54, 1.807) is 12.3 Å². The van der Waals surface area contributed by atoms with Crippen molar-refractivity contribution in [2.45, 2.75) is 6.92 Å². The minimum absolute atomic E-state index is 0.0293. The third-order valence-corrected chi connectivity index (χ3v) is 2.24. The molecule has 0 unspecified atom stereocenters. The lowest BCUT2D eigenvalue weighted by Crippen LogP contribution is -2.18. The minimum atomic E-state index is 0.0293. The monoisotopic (exact) mass is 222 g/mol. The summed E-state index contributed by atoms with van der Waals surface area (Å²) in [5.74, 6) is 0.0293. The van der Waals surface area contributed by atoms with Crippen molar-refractivity contribution in [3.8, 4) is 5.88 Å². The van der Waals surface area contributed by atoms with Gasteiger partial charge >= 0.3 is 22.0 Å². The maximum Gasteiger partial charge on any atom is 0.396 e. The molecule has 1 rings (SSSR count). The Balaban J connectivity index is 3.34. The highest BCUT2D eigenvalue weighted by atomic mass is 79.9. The zero-order chi connectivity index (χ0) is 7.72. The highest BCUT2D eigenvalue weighted by Gasteiger charge is 2.13. The van der Waals surface area contributed by atoms with Crippen LogP contribution in [0, 0.1) is 6.92 Å². The van der Waals surface area contributed by atoms with Gasteiger partial charge in [-0.1, -0.05) is 15.2 Å². The summed E-state index contributed by atoms with van der Waals surface area (Å²) in [5.41, 5.74) is 0.856. The van der Waals surface area contributed by atoms with Gasteiger partial charge < -0.3 is 5.11 Å². The van der Waals surface area contributed by atoms with E-state index in [2.05, 4.69) is 16.1 Å². The first-order valence-corrected chi connectivity index (χ1v) is 3.77. The zero-order valence-corrected chi connectivity index (χ0v) is 7.65. The number of aromatic nitrogens is 1. The maximum atomic E-state index is 9.17. The molecule has 0 aliphatic rings. The molecule has 0 aliphatic heterocycles. The second-order valence-electron chi connectivity index (χ2n) is 1.95. The summed E-state index contributed by atoms with van der Waals surface area (Å²) in [6.07, 6.45) is 1.68. The smallest absolute Gasteiger partial charge is 0.396 e. The zero-order valence-electron chi connectivity index (χ0n) is 5.31. The Morgan fingerprint density at radius 1 is 1.70 bits per heavy atom. The molecule has 0 atom stereocenters. The molecule has 0 fully saturated rings. The SMILES string of the molecule is Cc1cc[n+](Br)c(O)c1Cl. The largest absolute Gasteiger partial charge is 0.458 e. The van der Waals surface area contributed by atoms with Gasteiger partial charge in [0.1, 0.15) is 0 Å². The van der Waals surface area contributed by atoms with Crippen molar-refractivity contribution in [1.82, 2.24) is 0 Å². The van der Waals surface area contributed by atoms with E-state index >= 15 is 0 Å². The van der Waals surface area contributed by atoms with Gasteiger partial charge in [0, 0.05) is 6.07 Å².